The topological polar surface area (TPSA) is 123 Å². The maximum Gasteiger partial charge on any atom is 0.338 e. The van der Waals surface area contributed by atoms with E-state index < -0.39 is 30.4 Å². The summed E-state index contributed by atoms with van der Waals surface area (Å²) < 4.78 is 21.6. The van der Waals surface area contributed by atoms with Crippen molar-refractivity contribution in [1.82, 2.24) is 29.1 Å². The molecule has 11 nitrogen and oxygen atoms in total. The monoisotopic (exact) mass is 628 g/mol. The van der Waals surface area contributed by atoms with Crippen molar-refractivity contribution in [3.63, 3.8) is 0 Å². The number of rotatable bonds is 10. The van der Waals surface area contributed by atoms with E-state index in [-0.39, 0.29) is 18.3 Å². The lowest BCUT2D eigenvalue weighted by atomic mass is 10.1. The molecule has 0 aliphatic carbocycles. The van der Waals surface area contributed by atoms with Crippen molar-refractivity contribution in [2.24, 2.45) is 0 Å². The number of aromatic nitrogens is 6. The van der Waals surface area contributed by atoms with Crippen LogP contribution in [-0.4, -0.2) is 59.8 Å². The normalized spacial score (nSPS) is 17.9. The minimum atomic E-state index is -0.748. The summed E-state index contributed by atoms with van der Waals surface area (Å²) in [4.78, 5) is 44.0. The van der Waals surface area contributed by atoms with Crippen LogP contribution in [0.3, 0.4) is 0 Å². The molecule has 0 radical (unpaired) electrons. The number of hydrogen-bond donors (Lipinski definition) is 0. The first-order valence-electron chi connectivity index (χ1n) is 14.9. The van der Waals surface area contributed by atoms with Crippen molar-refractivity contribution in [3.8, 4) is 5.82 Å². The van der Waals surface area contributed by atoms with Gasteiger partial charge in [-0.05, 0) is 56.1 Å². The summed E-state index contributed by atoms with van der Waals surface area (Å²) in [7, 11) is 0. The van der Waals surface area contributed by atoms with E-state index in [2.05, 4.69) is 26.9 Å². The van der Waals surface area contributed by atoms with Gasteiger partial charge in [0.15, 0.2) is 17.0 Å². The molecule has 0 spiro atoms. The lowest BCUT2D eigenvalue weighted by Gasteiger charge is -2.19. The van der Waals surface area contributed by atoms with E-state index >= 15 is 0 Å². The first-order chi connectivity index (χ1) is 21.8. The van der Waals surface area contributed by atoms with Gasteiger partial charge < -0.3 is 14.2 Å². The molecule has 1 fully saturated rings. The Morgan fingerprint density at radius 3 is 2.36 bits per heavy atom. The van der Waals surface area contributed by atoms with Gasteiger partial charge in [-0.2, -0.15) is 9.97 Å². The van der Waals surface area contributed by atoms with E-state index in [0.717, 1.165) is 36.2 Å². The molecule has 1 saturated heterocycles. The quantitative estimate of drug-likeness (QED) is 0.135. The van der Waals surface area contributed by atoms with Crippen molar-refractivity contribution >= 4 is 34.7 Å². The van der Waals surface area contributed by atoms with Gasteiger partial charge in [0.2, 0.25) is 5.28 Å². The fourth-order valence-corrected chi connectivity index (χ4v) is 5.43. The first kappa shape index (κ1) is 30.4. The van der Waals surface area contributed by atoms with Crippen LogP contribution in [0.2, 0.25) is 5.28 Å². The first-order valence-corrected chi connectivity index (χ1v) is 15.3. The molecule has 0 N–H and O–H groups in total. The number of benzene rings is 2. The van der Waals surface area contributed by atoms with Crippen molar-refractivity contribution < 1.29 is 23.8 Å². The van der Waals surface area contributed by atoms with Crippen LogP contribution in [0.4, 0.5) is 0 Å². The molecule has 232 valence electrons. The van der Waals surface area contributed by atoms with Crippen LogP contribution in [-0.2, 0) is 20.6 Å². The smallest absolute Gasteiger partial charge is 0.338 e. The van der Waals surface area contributed by atoms with Gasteiger partial charge in [0.1, 0.15) is 30.9 Å². The molecule has 0 bridgehead atoms. The van der Waals surface area contributed by atoms with Gasteiger partial charge in [0.05, 0.1) is 17.5 Å². The fraction of sp³-hybridized carbons (Fsp3) is 0.333. The van der Waals surface area contributed by atoms with E-state index in [4.69, 9.17) is 25.8 Å². The molecule has 4 heterocycles. The van der Waals surface area contributed by atoms with E-state index in [1.807, 2.05) is 48.9 Å². The van der Waals surface area contributed by atoms with Crippen LogP contribution in [0.25, 0.3) is 17.0 Å². The fourth-order valence-electron chi connectivity index (χ4n) is 5.27. The summed E-state index contributed by atoms with van der Waals surface area (Å²) in [6.45, 7) is 5.88. The lowest BCUT2D eigenvalue weighted by molar-refractivity contribution is -0.0563. The second-order valence-corrected chi connectivity index (χ2v) is 11.4. The number of carbonyl (C=O) groups is 2. The van der Waals surface area contributed by atoms with Crippen LogP contribution in [0.5, 0.6) is 0 Å². The number of hydrogen-bond acceptors (Lipinski definition) is 9. The van der Waals surface area contributed by atoms with Gasteiger partial charge in [-0.3, -0.25) is 9.13 Å². The van der Waals surface area contributed by atoms with Gasteiger partial charge in [0.25, 0.3) is 0 Å². The zero-order chi connectivity index (χ0) is 31.5. The molecule has 0 unspecified atom stereocenters. The van der Waals surface area contributed by atoms with E-state index in [9.17, 15) is 9.59 Å². The predicted octanol–water partition coefficient (Wildman–Crippen LogP) is 5.99. The maximum atomic E-state index is 13.1. The largest absolute Gasteiger partial charge is 0.459 e. The molecule has 3 atom stereocenters. The molecule has 3 aromatic heterocycles. The highest BCUT2D eigenvalue weighted by molar-refractivity contribution is 6.28. The highest BCUT2D eigenvalue weighted by Crippen LogP contribution is 2.35. The molecular weight excluding hydrogens is 596 g/mol. The number of unbranched alkanes of at least 4 members (excludes halogenated alkanes) is 1. The van der Waals surface area contributed by atoms with Crippen LogP contribution in [0, 0.1) is 13.8 Å². The Hall–Kier alpha value is -4.61. The second kappa shape index (κ2) is 13.2. The molecule has 12 heteroatoms. The van der Waals surface area contributed by atoms with Gasteiger partial charge in [0, 0.05) is 25.2 Å². The molecule has 1 aliphatic heterocycles. The number of fused-ring (bicyclic) bond motifs is 1. The Kier molecular flexibility index (Phi) is 8.90. The molecular formula is C33H33ClN6O5. The number of aryl methyl sites for hydroxylation is 3. The molecule has 0 saturated carbocycles. The minimum Gasteiger partial charge on any atom is -0.459 e. The number of halogens is 1. The zero-order valence-electron chi connectivity index (χ0n) is 25.2. The summed E-state index contributed by atoms with van der Waals surface area (Å²) in [6, 6.07) is 14.2. The third-order valence-electron chi connectivity index (χ3n) is 7.78. The van der Waals surface area contributed by atoms with Gasteiger partial charge in [-0.25, -0.2) is 19.6 Å². The second-order valence-electron chi connectivity index (χ2n) is 11.1. The summed E-state index contributed by atoms with van der Waals surface area (Å²) in [6.07, 6.45) is 6.07. The maximum absolute atomic E-state index is 13.1. The number of esters is 2. The highest BCUT2D eigenvalue weighted by Gasteiger charge is 2.41. The molecule has 1 aliphatic rings. The number of nitrogens with zero attached hydrogens (tertiary/aromatic N) is 6. The molecule has 0 amide bonds. The van der Waals surface area contributed by atoms with E-state index in [1.165, 1.54) is 0 Å². The Balaban J connectivity index is 1.28. The molecule has 2 aromatic carbocycles. The van der Waals surface area contributed by atoms with Crippen molar-refractivity contribution in [2.75, 3.05) is 6.61 Å². The highest BCUT2D eigenvalue weighted by atomic mass is 35.5. The van der Waals surface area contributed by atoms with Crippen molar-refractivity contribution in [2.45, 2.75) is 64.9 Å². The zero-order valence-corrected chi connectivity index (χ0v) is 26.0. The van der Waals surface area contributed by atoms with Crippen molar-refractivity contribution in [3.05, 3.63) is 101 Å². The number of ether oxygens (including phenoxy) is 3. The van der Waals surface area contributed by atoms with E-state index in [0.29, 0.717) is 28.1 Å². The Morgan fingerprint density at radius 2 is 1.67 bits per heavy atom. The third-order valence-corrected chi connectivity index (χ3v) is 7.95. The van der Waals surface area contributed by atoms with E-state index in [1.54, 1.807) is 41.4 Å². The number of carbonyl (C=O) groups excluding carboxylic acids is 2. The van der Waals surface area contributed by atoms with Crippen molar-refractivity contribution in [1.29, 1.82) is 0 Å². The van der Waals surface area contributed by atoms with Crippen LogP contribution < -0.4 is 0 Å². The Morgan fingerprint density at radius 1 is 0.978 bits per heavy atom. The average molecular weight is 629 g/mol. The Bertz CT molecular complexity index is 1820. The molecule has 45 heavy (non-hydrogen) atoms. The lowest BCUT2D eigenvalue weighted by Crippen LogP contribution is -2.32. The van der Waals surface area contributed by atoms with Gasteiger partial charge in [-0.1, -0.05) is 48.7 Å². The standard InChI is InChI=1S/C33H33ClN6O5/c1-4-5-6-26-35-15-16-39(26)29-28-30(38-33(34)37-29)40(19-36-28)27-17-24(45-32(42)23-13-9-21(3)10-14-23)25(44-27)18-43-31(41)22-11-7-20(2)8-12-22/h7-16,19,24-25,27H,4-6,17-18H2,1-3H3/t24-,25+,27-/m0/s1. The summed E-state index contributed by atoms with van der Waals surface area (Å²) >= 11 is 6.43. The minimum absolute atomic E-state index is 0.0401. The Labute approximate surface area is 265 Å². The van der Waals surface area contributed by atoms with Crippen LogP contribution >= 0.6 is 11.6 Å². The summed E-state index contributed by atoms with van der Waals surface area (Å²) in [5.41, 5.74) is 3.85. The average Bonchev–Trinajstić information content (AvgIpc) is 3.77. The van der Waals surface area contributed by atoms with Crippen LogP contribution in [0.1, 0.15) is 70.1 Å². The van der Waals surface area contributed by atoms with Crippen LogP contribution in [0.15, 0.2) is 67.3 Å². The predicted molar refractivity (Wildman–Crippen MR) is 166 cm³/mol. The summed E-state index contributed by atoms with van der Waals surface area (Å²) in [5, 5.41) is 0.0401. The third kappa shape index (κ3) is 6.59. The summed E-state index contributed by atoms with van der Waals surface area (Å²) in [5.74, 6) is 0.360. The SMILES string of the molecule is CCCCc1nccn1-c1nc(Cl)nc2c1ncn2[C@@H]1C[C@H](OC(=O)c2ccc(C)cc2)[C@@H](COC(=O)c2ccc(C)cc2)O1. The number of imidazole rings is 2. The molecule has 5 aromatic rings. The molecule has 6 rings (SSSR count). The van der Waals surface area contributed by atoms with Gasteiger partial charge >= 0.3 is 11.9 Å². The van der Waals surface area contributed by atoms with Gasteiger partial charge in [-0.15, -0.1) is 0 Å².